The van der Waals surface area contributed by atoms with E-state index in [0.717, 1.165) is 81.8 Å². The van der Waals surface area contributed by atoms with Crippen LogP contribution in [0.3, 0.4) is 0 Å². The molecule has 0 saturated carbocycles. The Labute approximate surface area is 169 Å². The maximum atomic E-state index is 6.41. The van der Waals surface area contributed by atoms with Crippen molar-refractivity contribution in [2.45, 2.75) is 24.6 Å². The molecule has 0 N–H and O–H groups in total. The van der Waals surface area contributed by atoms with Gasteiger partial charge in [-0.15, -0.1) is 0 Å². The summed E-state index contributed by atoms with van der Waals surface area (Å²) in [6, 6.07) is 2.92. The Kier molecular flexibility index (Phi) is 3.98. The van der Waals surface area contributed by atoms with Crippen LogP contribution in [0.2, 0.25) is 5.15 Å². The SMILES string of the molecule is Cn1c(N2CCN(C3COC3)CC2)nc2c(N3C[C@H]4C[C@@H]3CO4)nc(Cl)cc21. The first-order chi connectivity index (χ1) is 13.7. The van der Waals surface area contributed by atoms with Gasteiger partial charge in [-0.1, -0.05) is 11.6 Å². The predicted octanol–water partition coefficient (Wildman–Crippen LogP) is 1.12. The van der Waals surface area contributed by atoms with Crippen LogP contribution in [0.1, 0.15) is 6.42 Å². The number of ether oxygens (including phenoxy) is 2. The van der Waals surface area contributed by atoms with Gasteiger partial charge in [-0.3, -0.25) is 4.90 Å². The van der Waals surface area contributed by atoms with Crippen LogP contribution in [0.15, 0.2) is 6.07 Å². The van der Waals surface area contributed by atoms with Gasteiger partial charge >= 0.3 is 0 Å². The maximum Gasteiger partial charge on any atom is 0.206 e. The molecule has 2 bridgehead atoms. The minimum Gasteiger partial charge on any atom is -0.378 e. The van der Waals surface area contributed by atoms with Gasteiger partial charge in [-0.05, 0) is 6.42 Å². The molecule has 0 unspecified atom stereocenters. The fourth-order valence-electron chi connectivity index (χ4n) is 4.99. The zero-order chi connectivity index (χ0) is 18.8. The standard InChI is InChI=1S/C19H25ClN6O2/c1-23-15-7-16(20)21-18(26-8-14-6-12(26)11-28-14)17(15)22-19(23)25-4-2-24(3-5-25)13-9-27-10-13/h7,12-14H,2-6,8-11H2,1H3/t12-,14-/m1/s1. The molecule has 8 nitrogen and oxygen atoms in total. The minimum atomic E-state index is 0.313. The molecule has 0 aliphatic carbocycles. The number of imidazole rings is 1. The highest BCUT2D eigenvalue weighted by molar-refractivity contribution is 6.30. The lowest BCUT2D eigenvalue weighted by Gasteiger charge is -2.42. The van der Waals surface area contributed by atoms with Crippen LogP contribution in [-0.2, 0) is 16.5 Å². The van der Waals surface area contributed by atoms with Gasteiger partial charge in [0.15, 0.2) is 5.82 Å². The number of anilines is 2. The van der Waals surface area contributed by atoms with E-state index in [1.165, 1.54) is 0 Å². The van der Waals surface area contributed by atoms with Gasteiger partial charge in [0.1, 0.15) is 10.7 Å². The third-order valence-corrected chi connectivity index (χ3v) is 6.90. The molecule has 6 heterocycles. The Balaban J connectivity index is 1.32. The summed E-state index contributed by atoms with van der Waals surface area (Å²) in [7, 11) is 2.08. The van der Waals surface area contributed by atoms with E-state index in [0.29, 0.717) is 23.3 Å². The third-order valence-electron chi connectivity index (χ3n) is 6.70. The highest BCUT2D eigenvalue weighted by Gasteiger charge is 2.41. The average molecular weight is 405 g/mol. The second-order valence-corrected chi connectivity index (χ2v) is 8.71. The van der Waals surface area contributed by atoms with Crippen molar-refractivity contribution in [3.63, 3.8) is 0 Å². The van der Waals surface area contributed by atoms with Gasteiger partial charge < -0.3 is 23.8 Å². The lowest BCUT2D eigenvalue weighted by Crippen LogP contribution is -2.57. The third kappa shape index (κ3) is 2.62. The molecular formula is C19H25ClN6O2. The van der Waals surface area contributed by atoms with Gasteiger partial charge in [-0.2, -0.15) is 0 Å². The molecule has 2 aromatic heterocycles. The van der Waals surface area contributed by atoms with E-state index in [4.69, 9.17) is 26.1 Å². The molecule has 9 heteroatoms. The number of halogens is 1. The van der Waals surface area contributed by atoms with Crippen molar-refractivity contribution in [2.24, 2.45) is 7.05 Å². The van der Waals surface area contributed by atoms with Gasteiger partial charge in [-0.25, -0.2) is 9.97 Å². The van der Waals surface area contributed by atoms with Crippen molar-refractivity contribution < 1.29 is 9.47 Å². The fourth-order valence-corrected chi connectivity index (χ4v) is 5.17. The van der Waals surface area contributed by atoms with Crippen LogP contribution >= 0.6 is 11.6 Å². The van der Waals surface area contributed by atoms with E-state index in [1.54, 1.807) is 0 Å². The number of piperazine rings is 1. The van der Waals surface area contributed by atoms with E-state index < -0.39 is 0 Å². The summed E-state index contributed by atoms with van der Waals surface area (Å²) in [5.41, 5.74) is 1.99. The summed E-state index contributed by atoms with van der Waals surface area (Å²) < 4.78 is 13.3. The summed E-state index contributed by atoms with van der Waals surface area (Å²) in [5.74, 6) is 1.91. The number of morpholine rings is 1. The number of aromatic nitrogens is 3. The number of aryl methyl sites for hydroxylation is 1. The zero-order valence-corrected chi connectivity index (χ0v) is 16.8. The van der Waals surface area contributed by atoms with Crippen LogP contribution in [0, 0.1) is 0 Å². The molecular weight excluding hydrogens is 380 g/mol. The normalized spacial score (nSPS) is 28.5. The lowest BCUT2D eigenvalue weighted by molar-refractivity contribution is -0.0661. The lowest BCUT2D eigenvalue weighted by atomic mass is 10.2. The molecule has 4 fully saturated rings. The smallest absolute Gasteiger partial charge is 0.206 e. The second-order valence-electron chi connectivity index (χ2n) is 8.32. The maximum absolute atomic E-state index is 6.41. The van der Waals surface area contributed by atoms with E-state index in [1.807, 2.05) is 6.07 Å². The predicted molar refractivity (Wildman–Crippen MR) is 107 cm³/mol. The van der Waals surface area contributed by atoms with Crippen LogP contribution in [0.25, 0.3) is 11.0 Å². The molecule has 0 spiro atoms. The van der Waals surface area contributed by atoms with Crippen LogP contribution in [-0.4, -0.2) is 90.2 Å². The Morgan fingerprint density at radius 2 is 1.89 bits per heavy atom. The van der Waals surface area contributed by atoms with Gasteiger partial charge in [0, 0.05) is 45.8 Å². The van der Waals surface area contributed by atoms with Crippen molar-refractivity contribution >= 4 is 34.4 Å². The van der Waals surface area contributed by atoms with E-state index in [9.17, 15) is 0 Å². The van der Waals surface area contributed by atoms with Crippen molar-refractivity contribution in [1.82, 2.24) is 19.4 Å². The molecule has 0 radical (unpaired) electrons. The van der Waals surface area contributed by atoms with Crippen molar-refractivity contribution in [1.29, 1.82) is 0 Å². The molecule has 6 rings (SSSR count). The molecule has 0 amide bonds. The first-order valence-electron chi connectivity index (χ1n) is 10.2. The van der Waals surface area contributed by atoms with Crippen molar-refractivity contribution in [3.05, 3.63) is 11.2 Å². The monoisotopic (exact) mass is 404 g/mol. The summed E-state index contributed by atoms with van der Waals surface area (Å²) in [6.07, 6.45) is 1.38. The first kappa shape index (κ1) is 17.3. The number of fused-ring (bicyclic) bond motifs is 3. The Hall–Kier alpha value is -1.61. The Morgan fingerprint density at radius 3 is 2.54 bits per heavy atom. The Bertz CT molecular complexity index is 907. The highest BCUT2D eigenvalue weighted by Crippen LogP contribution is 2.37. The number of nitrogens with zero attached hydrogens (tertiary/aromatic N) is 6. The molecule has 2 aromatic rings. The summed E-state index contributed by atoms with van der Waals surface area (Å²) in [4.78, 5) is 17.0. The molecule has 2 atom stereocenters. The van der Waals surface area contributed by atoms with Crippen LogP contribution < -0.4 is 9.80 Å². The number of pyridine rings is 1. The summed E-state index contributed by atoms with van der Waals surface area (Å²) in [5, 5.41) is 0.524. The summed E-state index contributed by atoms with van der Waals surface area (Å²) >= 11 is 6.41. The zero-order valence-electron chi connectivity index (χ0n) is 16.1. The number of hydrogen-bond acceptors (Lipinski definition) is 7. The molecule has 150 valence electrons. The van der Waals surface area contributed by atoms with E-state index >= 15 is 0 Å². The summed E-state index contributed by atoms with van der Waals surface area (Å²) in [6.45, 7) is 7.46. The average Bonchev–Trinajstić information content (AvgIpc) is 3.36. The Morgan fingerprint density at radius 1 is 1.07 bits per heavy atom. The van der Waals surface area contributed by atoms with Gasteiger partial charge in [0.2, 0.25) is 5.95 Å². The van der Waals surface area contributed by atoms with Crippen molar-refractivity contribution in [2.75, 3.05) is 62.3 Å². The minimum absolute atomic E-state index is 0.313. The molecule has 28 heavy (non-hydrogen) atoms. The van der Waals surface area contributed by atoms with Crippen LogP contribution in [0.4, 0.5) is 11.8 Å². The first-order valence-corrected chi connectivity index (χ1v) is 10.5. The molecule has 4 saturated heterocycles. The topological polar surface area (TPSA) is 58.9 Å². The molecule has 0 aromatic carbocycles. The van der Waals surface area contributed by atoms with Gasteiger partial charge in [0.05, 0.1) is 43.5 Å². The van der Waals surface area contributed by atoms with Gasteiger partial charge in [0.25, 0.3) is 0 Å². The largest absolute Gasteiger partial charge is 0.378 e. The van der Waals surface area contributed by atoms with Crippen LogP contribution in [0.5, 0.6) is 0 Å². The van der Waals surface area contributed by atoms with E-state index in [-0.39, 0.29) is 0 Å². The molecule has 4 aliphatic rings. The number of hydrogen-bond donors (Lipinski definition) is 0. The quantitative estimate of drug-likeness (QED) is 0.710. The second kappa shape index (κ2) is 6.45. The molecule has 4 aliphatic heterocycles. The highest BCUT2D eigenvalue weighted by atomic mass is 35.5. The van der Waals surface area contributed by atoms with Crippen molar-refractivity contribution in [3.8, 4) is 0 Å². The number of rotatable bonds is 3. The van der Waals surface area contributed by atoms with E-state index in [2.05, 4.69) is 31.3 Å². The fraction of sp³-hybridized carbons (Fsp3) is 0.684.